The van der Waals surface area contributed by atoms with Gasteiger partial charge in [0, 0.05) is 14.1 Å². The van der Waals surface area contributed by atoms with Gasteiger partial charge in [0.1, 0.15) is 11.8 Å². The van der Waals surface area contributed by atoms with Gasteiger partial charge in [0.25, 0.3) is 11.8 Å². The lowest BCUT2D eigenvalue weighted by atomic mass is 10.0. The van der Waals surface area contributed by atoms with E-state index in [4.69, 9.17) is 23.2 Å². The molecular weight excluding hydrogens is 359 g/mol. The third kappa shape index (κ3) is 4.84. The molecule has 0 bridgehead atoms. The molecule has 130 valence electrons. The van der Waals surface area contributed by atoms with E-state index in [1.165, 1.54) is 26.2 Å². The largest absolute Gasteiger partial charge is 0.355 e. The molecule has 0 unspecified atom stereocenters. The first kappa shape index (κ1) is 19.7. The zero-order chi connectivity index (χ0) is 18.3. The van der Waals surface area contributed by atoms with Gasteiger partial charge in [-0.25, -0.2) is 0 Å². The Morgan fingerprint density at radius 2 is 1.17 bits per heavy atom. The van der Waals surface area contributed by atoms with Gasteiger partial charge in [0.05, 0.1) is 22.5 Å². The summed E-state index contributed by atoms with van der Waals surface area (Å²) in [5.41, 5.74) is 0.270. The van der Waals surface area contributed by atoms with Crippen LogP contribution in [0.1, 0.15) is 20.7 Å². The maximum atomic E-state index is 12.0. The molecule has 0 radical (unpaired) electrons. The number of hydrogen-bond acceptors (Lipinski definition) is 4. The monoisotopic (exact) mass is 374 g/mol. The molecule has 0 aliphatic carbocycles. The fraction of sp³-hybridized carbons (Fsp3) is 0.286. The number of hydrogen-bond donors (Lipinski definition) is 4. The molecule has 0 aromatic heterocycles. The van der Waals surface area contributed by atoms with Crippen LogP contribution in [0.4, 0.5) is 11.4 Å². The Kier molecular flexibility index (Phi) is 7.47. The van der Waals surface area contributed by atoms with Crippen molar-refractivity contribution >= 4 is 58.2 Å². The second-order valence-corrected chi connectivity index (χ2v) is 5.00. The van der Waals surface area contributed by atoms with Crippen molar-refractivity contribution in [2.24, 2.45) is 0 Å². The topological polar surface area (TPSA) is 116 Å². The molecule has 4 amide bonds. The van der Waals surface area contributed by atoms with Crippen LogP contribution in [0, 0.1) is 0 Å². The number of carbonyl (C=O) groups is 4. The first-order chi connectivity index (χ1) is 11.4. The number of nitrogens with one attached hydrogen (secondary N) is 4. The van der Waals surface area contributed by atoms with Crippen LogP contribution < -0.4 is 21.3 Å². The minimum Gasteiger partial charge on any atom is -0.355 e. The molecule has 0 aliphatic heterocycles. The molecular formula is C14H16Cl2N4O4. The van der Waals surface area contributed by atoms with Gasteiger partial charge in [0.15, 0.2) is 0 Å². The summed E-state index contributed by atoms with van der Waals surface area (Å²) in [6.45, 7) is 0. The van der Waals surface area contributed by atoms with Crippen molar-refractivity contribution < 1.29 is 19.2 Å². The molecule has 1 rings (SSSR count). The lowest BCUT2D eigenvalue weighted by Crippen LogP contribution is -2.26. The lowest BCUT2D eigenvalue weighted by molar-refractivity contribution is -0.114. The molecule has 0 aliphatic rings. The molecule has 8 nitrogen and oxygen atoms in total. The Morgan fingerprint density at radius 3 is 1.46 bits per heavy atom. The van der Waals surface area contributed by atoms with E-state index in [2.05, 4.69) is 21.3 Å². The summed E-state index contributed by atoms with van der Waals surface area (Å²) in [7, 11) is 2.80. The maximum absolute atomic E-state index is 12.0. The Hall–Kier alpha value is -2.32. The number of carbonyl (C=O) groups excluding carboxylic acids is 4. The fourth-order valence-corrected chi connectivity index (χ4v) is 1.95. The van der Waals surface area contributed by atoms with Gasteiger partial charge in [-0.05, 0) is 12.1 Å². The van der Waals surface area contributed by atoms with Gasteiger partial charge in [-0.3, -0.25) is 19.2 Å². The standard InChI is InChI=1S/C14H16Cl2N4O4/c1-17-13(23)7-3-8(14(24)18-2)10(20-12(22)6-16)4-9(7)19-11(21)5-15/h3-4H,5-6H2,1-2H3,(H,17,23)(H,18,24)(H,19,21)(H,20,22). The Morgan fingerprint density at radius 1 is 0.792 bits per heavy atom. The van der Waals surface area contributed by atoms with Crippen molar-refractivity contribution in [3.63, 3.8) is 0 Å². The first-order valence-electron chi connectivity index (χ1n) is 6.71. The van der Waals surface area contributed by atoms with E-state index in [1.54, 1.807) is 0 Å². The second-order valence-electron chi connectivity index (χ2n) is 4.47. The van der Waals surface area contributed by atoms with Crippen molar-refractivity contribution in [1.29, 1.82) is 0 Å². The van der Waals surface area contributed by atoms with Crippen molar-refractivity contribution in [2.75, 3.05) is 36.5 Å². The molecule has 1 aromatic carbocycles. The molecule has 0 saturated heterocycles. The highest BCUT2D eigenvalue weighted by Crippen LogP contribution is 2.26. The summed E-state index contributed by atoms with van der Waals surface area (Å²) in [4.78, 5) is 47.1. The molecule has 10 heteroatoms. The summed E-state index contributed by atoms with van der Waals surface area (Å²) < 4.78 is 0. The first-order valence-corrected chi connectivity index (χ1v) is 7.78. The van der Waals surface area contributed by atoms with E-state index in [1.807, 2.05) is 0 Å². The molecule has 0 fully saturated rings. The highest BCUT2D eigenvalue weighted by molar-refractivity contribution is 6.30. The van der Waals surface area contributed by atoms with Gasteiger partial charge in [-0.1, -0.05) is 0 Å². The Balaban J connectivity index is 3.51. The van der Waals surface area contributed by atoms with Gasteiger partial charge < -0.3 is 21.3 Å². The summed E-state index contributed by atoms with van der Waals surface area (Å²) in [6, 6.07) is 2.55. The number of benzene rings is 1. The zero-order valence-electron chi connectivity index (χ0n) is 13.0. The van der Waals surface area contributed by atoms with Crippen LogP contribution in [0.25, 0.3) is 0 Å². The normalized spacial score (nSPS) is 9.83. The lowest BCUT2D eigenvalue weighted by Gasteiger charge is -2.16. The van der Waals surface area contributed by atoms with Crippen LogP contribution in [0.15, 0.2) is 12.1 Å². The highest BCUT2D eigenvalue weighted by atomic mass is 35.5. The summed E-state index contributed by atoms with van der Waals surface area (Å²) in [5.74, 6) is -2.81. The van der Waals surface area contributed by atoms with Crippen LogP contribution in [-0.4, -0.2) is 49.5 Å². The van der Waals surface area contributed by atoms with E-state index in [9.17, 15) is 19.2 Å². The van der Waals surface area contributed by atoms with E-state index in [-0.39, 0.29) is 34.3 Å². The minimum atomic E-state index is -0.552. The molecule has 0 atom stereocenters. The quantitative estimate of drug-likeness (QED) is 0.550. The summed E-state index contributed by atoms with van der Waals surface area (Å²) >= 11 is 10.9. The maximum Gasteiger partial charge on any atom is 0.253 e. The number of halogens is 2. The van der Waals surface area contributed by atoms with Gasteiger partial charge >= 0.3 is 0 Å². The zero-order valence-corrected chi connectivity index (χ0v) is 14.5. The highest BCUT2D eigenvalue weighted by Gasteiger charge is 2.20. The second kappa shape index (κ2) is 9.09. The van der Waals surface area contributed by atoms with E-state index >= 15 is 0 Å². The van der Waals surface area contributed by atoms with E-state index in [0.717, 1.165) is 0 Å². The average Bonchev–Trinajstić information content (AvgIpc) is 2.60. The van der Waals surface area contributed by atoms with Gasteiger partial charge in [-0.2, -0.15) is 0 Å². The van der Waals surface area contributed by atoms with Crippen LogP contribution in [-0.2, 0) is 9.59 Å². The van der Waals surface area contributed by atoms with E-state index in [0.29, 0.717) is 0 Å². The molecule has 24 heavy (non-hydrogen) atoms. The summed E-state index contributed by atoms with van der Waals surface area (Å²) in [6.07, 6.45) is 0. The molecule has 0 heterocycles. The number of rotatable bonds is 6. The van der Waals surface area contributed by atoms with Crippen molar-refractivity contribution in [2.45, 2.75) is 0 Å². The minimum absolute atomic E-state index is 0.0402. The van der Waals surface area contributed by atoms with E-state index < -0.39 is 23.6 Å². The number of anilines is 2. The molecule has 4 N–H and O–H groups in total. The number of amides is 4. The van der Waals surface area contributed by atoms with Crippen LogP contribution in [0.2, 0.25) is 0 Å². The third-order valence-electron chi connectivity index (χ3n) is 2.89. The van der Waals surface area contributed by atoms with Crippen LogP contribution in [0.3, 0.4) is 0 Å². The Labute approximate surface area is 148 Å². The third-order valence-corrected chi connectivity index (χ3v) is 3.38. The number of alkyl halides is 2. The predicted molar refractivity (Wildman–Crippen MR) is 91.9 cm³/mol. The van der Waals surface area contributed by atoms with Crippen LogP contribution >= 0.6 is 23.2 Å². The summed E-state index contributed by atoms with van der Waals surface area (Å²) in [5, 5.41) is 9.70. The van der Waals surface area contributed by atoms with Crippen LogP contribution in [0.5, 0.6) is 0 Å². The fourth-order valence-electron chi connectivity index (χ4n) is 1.82. The van der Waals surface area contributed by atoms with Crippen molar-refractivity contribution in [3.8, 4) is 0 Å². The van der Waals surface area contributed by atoms with Crippen molar-refractivity contribution in [1.82, 2.24) is 10.6 Å². The van der Waals surface area contributed by atoms with Gasteiger partial charge in [-0.15, -0.1) is 23.2 Å². The van der Waals surface area contributed by atoms with Gasteiger partial charge in [0.2, 0.25) is 11.8 Å². The smallest absolute Gasteiger partial charge is 0.253 e. The molecule has 0 saturated carbocycles. The molecule has 1 aromatic rings. The predicted octanol–water partition coefficient (Wildman–Crippen LogP) is 0.760. The van der Waals surface area contributed by atoms with Crippen molar-refractivity contribution in [3.05, 3.63) is 23.3 Å². The Bertz CT molecular complexity index is 626. The SMILES string of the molecule is CNC(=O)c1cc(C(=O)NC)c(NC(=O)CCl)cc1NC(=O)CCl. The average molecular weight is 375 g/mol. The molecule has 0 spiro atoms.